The van der Waals surface area contributed by atoms with Gasteiger partial charge in [0.2, 0.25) is 0 Å². The summed E-state index contributed by atoms with van der Waals surface area (Å²) in [7, 11) is 0. The van der Waals surface area contributed by atoms with Crippen molar-refractivity contribution in [3.05, 3.63) is 41.8 Å². The van der Waals surface area contributed by atoms with Crippen LogP contribution >= 0.6 is 0 Å². The van der Waals surface area contributed by atoms with E-state index in [0.29, 0.717) is 17.4 Å². The molecule has 0 unspecified atom stereocenters. The first-order chi connectivity index (χ1) is 12.7. The van der Waals surface area contributed by atoms with Crippen molar-refractivity contribution in [1.82, 2.24) is 20.0 Å². The van der Waals surface area contributed by atoms with E-state index in [4.69, 9.17) is 0 Å². The fraction of sp³-hybridized carbons (Fsp3) is 0.500. The Labute approximate surface area is 153 Å². The predicted octanol–water partition coefficient (Wildman–Crippen LogP) is 3.31. The van der Waals surface area contributed by atoms with Crippen LogP contribution in [0.4, 0.5) is 4.39 Å². The molecule has 0 spiro atoms. The van der Waals surface area contributed by atoms with Crippen LogP contribution in [-0.4, -0.2) is 58.1 Å². The Morgan fingerprint density at radius 2 is 1.73 bits per heavy atom. The average Bonchev–Trinajstić information content (AvgIpc) is 3.19. The number of rotatable bonds is 3. The molecule has 2 aromatic rings. The second-order valence-corrected chi connectivity index (χ2v) is 7.29. The van der Waals surface area contributed by atoms with Gasteiger partial charge in [0.1, 0.15) is 11.5 Å². The van der Waals surface area contributed by atoms with Gasteiger partial charge in [-0.3, -0.25) is 14.8 Å². The number of H-pyrrole nitrogens is 1. The third kappa shape index (κ3) is 3.65. The van der Waals surface area contributed by atoms with Gasteiger partial charge in [-0.2, -0.15) is 5.10 Å². The van der Waals surface area contributed by atoms with E-state index < -0.39 is 0 Å². The summed E-state index contributed by atoms with van der Waals surface area (Å²) >= 11 is 0. The summed E-state index contributed by atoms with van der Waals surface area (Å²) in [6.45, 7) is 3.44. The molecule has 1 aromatic carbocycles. The van der Waals surface area contributed by atoms with Crippen molar-refractivity contribution in [3.8, 4) is 11.3 Å². The monoisotopic (exact) mass is 356 g/mol. The summed E-state index contributed by atoms with van der Waals surface area (Å²) < 4.78 is 13.1. The van der Waals surface area contributed by atoms with Crippen molar-refractivity contribution in [2.45, 2.75) is 38.1 Å². The number of piperazine rings is 1. The van der Waals surface area contributed by atoms with Crippen LogP contribution in [0.1, 0.15) is 42.6 Å². The summed E-state index contributed by atoms with van der Waals surface area (Å²) in [5.74, 6) is -0.287. The van der Waals surface area contributed by atoms with Crippen molar-refractivity contribution in [1.29, 1.82) is 0 Å². The van der Waals surface area contributed by atoms with E-state index in [2.05, 4.69) is 15.1 Å². The average molecular weight is 356 g/mol. The molecule has 1 aliphatic carbocycles. The first-order valence-corrected chi connectivity index (χ1v) is 9.55. The maximum absolute atomic E-state index is 13.1. The minimum atomic E-state index is -0.281. The number of hydrogen-bond acceptors (Lipinski definition) is 3. The molecule has 2 aliphatic rings. The first kappa shape index (κ1) is 17.2. The number of hydrogen-bond donors (Lipinski definition) is 1. The van der Waals surface area contributed by atoms with Crippen molar-refractivity contribution in [3.63, 3.8) is 0 Å². The standard InChI is InChI=1S/C20H25FN4O/c21-16-8-6-15(7-9-16)18-14-19(23-22-18)20(26)25-12-10-24(11-13-25)17-4-2-1-3-5-17/h6-9,14,17H,1-5,10-13H2,(H,22,23). The molecule has 0 radical (unpaired) electrons. The number of aromatic amines is 1. The Balaban J connectivity index is 1.37. The molecule has 2 fully saturated rings. The molecule has 5 nitrogen and oxygen atoms in total. The second kappa shape index (κ2) is 7.58. The van der Waals surface area contributed by atoms with Crippen LogP contribution < -0.4 is 0 Å². The lowest BCUT2D eigenvalue weighted by Crippen LogP contribution is -2.52. The summed E-state index contributed by atoms with van der Waals surface area (Å²) in [4.78, 5) is 17.2. The molecule has 26 heavy (non-hydrogen) atoms. The van der Waals surface area contributed by atoms with Crippen molar-refractivity contribution in [2.24, 2.45) is 0 Å². The van der Waals surface area contributed by atoms with Gasteiger partial charge < -0.3 is 4.90 Å². The van der Waals surface area contributed by atoms with Gasteiger partial charge in [-0.05, 0) is 43.2 Å². The third-order valence-electron chi connectivity index (χ3n) is 5.64. The molecule has 1 saturated carbocycles. The van der Waals surface area contributed by atoms with Gasteiger partial charge in [0.25, 0.3) is 5.91 Å². The molecule has 2 heterocycles. The fourth-order valence-corrected chi connectivity index (χ4v) is 4.11. The Morgan fingerprint density at radius 3 is 2.42 bits per heavy atom. The van der Waals surface area contributed by atoms with Gasteiger partial charge in [0.15, 0.2) is 0 Å². The Morgan fingerprint density at radius 1 is 1.04 bits per heavy atom. The fourth-order valence-electron chi connectivity index (χ4n) is 4.11. The lowest BCUT2D eigenvalue weighted by atomic mass is 9.94. The number of amides is 1. The number of nitrogens with one attached hydrogen (secondary N) is 1. The van der Waals surface area contributed by atoms with E-state index in [-0.39, 0.29) is 11.7 Å². The predicted molar refractivity (Wildman–Crippen MR) is 98.3 cm³/mol. The number of nitrogens with zero attached hydrogens (tertiary/aromatic N) is 3. The van der Waals surface area contributed by atoms with Gasteiger partial charge in [0.05, 0.1) is 5.69 Å². The largest absolute Gasteiger partial charge is 0.335 e. The molecule has 4 rings (SSSR count). The minimum absolute atomic E-state index is 0.00541. The van der Waals surface area contributed by atoms with Crippen LogP contribution in [0.2, 0.25) is 0 Å². The zero-order chi connectivity index (χ0) is 17.9. The van der Waals surface area contributed by atoms with E-state index in [0.717, 1.165) is 31.7 Å². The highest BCUT2D eigenvalue weighted by atomic mass is 19.1. The van der Waals surface area contributed by atoms with Crippen LogP contribution in [0.15, 0.2) is 30.3 Å². The van der Waals surface area contributed by atoms with Crippen LogP contribution in [-0.2, 0) is 0 Å². The van der Waals surface area contributed by atoms with Gasteiger partial charge in [-0.25, -0.2) is 4.39 Å². The third-order valence-corrected chi connectivity index (χ3v) is 5.64. The zero-order valence-corrected chi connectivity index (χ0v) is 15.0. The van der Waals surface area contributed by atoms with Crippen LogP contribution in [0.5, 0.6) is 0 Å². The molecule has 1 N–H and O–H groups in total. The van der Waals surface area contributed by atoms with Gasteiger partial charge in [0, 0.05) is 37.8 Å². The molecular formula is C20H25FN4O. The summed E-state index contributed by atoms with van der Waals surface area (Å²) in [6, 6.07) is 8.60. The highest BCUT2D eigenvalue weighted by molar-refractivity contribution is 5.93. The van der Waals surface area contributed by atoms with Gasteiger partial charge in [-0.1, -0.05) is 19.3 Å². The molecule has 1 saturated heterocycles. The maximum Gasteiger partial charge on any atom is 0.271 e. The normalized spacial score (nSPS) is 19.7. The number of halogens is 1. The van der Waals surface area contributed by atoms with Gasteiger partial charge in [-0.15, -0.1) is 0 Å². The Bertz CT molecular complexity index is 743. The van der Waals surface area contributed by atoms with E-state index in [9.17, 15) is 9.18 Å². The number of aromatic nitrogens is 2. The van der Waals surface area contributed by atoms with Crippen LogP contribution in [0.25, 0.3) is 11.3 Å². The molecule has 0 bridgehead atoms. The highest BCUT2D eigenvalue weighted by Crippen LogP contribution is 2.24. The van der Waals surface area contributed by atoms with Crippen molar-refractivity contribution < 1.29 is 9.18 Å². The first-order valence-electron chi connectivity index (χ1n) is 9.55. The molecule has 138 valence electrons. The lowest BCUT2D eigenvalue weighted by Gasteiger charge is -2.40. The van der Waals surface area contributed by atoms with E-state index in [1.807, 2.05) is 4.90 Å². The lowest BCUT2D eigenvalue weighted by molar-refractivity contribution is 0.0518. The molecule has 1 aliphatic heterocycles. The summed E-state index contributed by atoms with van der Waals surface area (Å²) in [5, 5.41) is 7.06. The van der Waals surface area contributed by atoms with E-state index >= 15 is 0 Å². The molecule has 1 amide bonds. The minimum Gasteiger partial charge on any atom is -0.335 e. The SMILES string of the molecule is O=C(c1cc(-c2ccc(F)cc2)n[nH]1)N1CCN(C2CCCCC2)CC1. The maximum atomic E-state index is 13.1. The molecular weight excluding hydrogens is 331 g/mol. The molecule has 6 heteroatoms. The van der Waals surface area contributed by atoms with Crippen LogP contribution in [0.3, 0.4) is 0 Å². The van der Waals surface area contributed by atoms with Crippen molar-refractivity contribution >= 4 is 5.91 Å². The second-order valence-electron chi connectivity index (χ2n) is 7.29. The van der Waals surface area contributed by atoms with Gasteiger partial charge >= 0.3 is 0 Å². The smallest absolute Gasteiger partial charge is 0.271 e. The number of benzene rings is 1. The quantitative estimate of drug-likeness (QED) is 0.918. The topological polar surface area (TPSA) is 52.2 Å². The highest BCUT2D eigenvalue weighted by Gasteiger charge is 2.28. The number of carbonyl (C=O) groups excluding carboxylic acids is 1. The Hall–Kier alpha value is -2.21. The zero-order valence-electron chi connectivity index (χ0n) is 15.0. The molecule has 1 aromatic heterocycles. The van der Waals surface area contributed by atoms with Crippen molar-refractivity contribution in [2.75, 3.05) is 26.2 Å². The summed E-state index contributed by atoms with van der Waals surface area (Å²) in [5.41, 5.74) is 1.95. The Kier molecular flexibility index (Phi) is 5.02. The van der Waals surface area contributed by atoms with E-state index in [1.165, 1.54) is 44.2 Å². The van der Waals surface area contributed by atoms with E-state index in [1.54, 1.807) is 18.2 Å². The number of carbonyl (C=O) groups is 1. The van der Waals surface area contributed by atoms with Crippen LogP contribution in [0, 0.1) is 5.82 Å². The summed E-state index contributed by atoms with van der Waals surface area (Å²) in [6.07, 6.45) is 6.64. The molecule has 0 atom stereocenters.